The first-order valence-corrected chi connectivity index (χ1v) is 10.2. The van der Waals surface area contributed by atoms with Gasteiger partial charge in [0.25, 0.3) is 5.91 Å². The fourth-order valence-corrected chi connectivity index (χ4v) is 4.82. The SMILES string of the molecule is CC1(C)C=CC=C(C(=O)NC2CCCC2N2CCCC2)C(C2CC2)=C1. The molecule has 0 aromatic rings. The molecule has 1 amide bonds. The molecule has 2 atom stereocenters. The molecule has 4 rings (SSSR count). The summed E-state index contributed by atoms with van der Waals surface area (Å²) in [6.07, 6.45) is 17.4. The molecule has 3 fully saturated rings. The summed E-state index contributed by atoms with van der Waals surface area (Å²) in [7, 11) is 0. The highest BCUT2D eigenvalue weighted by molar-refractivity contribution is 5.98. The predicted molar refractivity (Wildman–Crippen MR) is 102 cm³/mol. The molecule has 0 aromatic carbocycles. The number of allylic oxidation sites excluding steroid dienone is 4. The smallest absolute Gasteiger partial charge is 0.251 e. The average molecular weight is 341 g/mol. The van der Waals surface area contributed by atoms with E-state index in [1.165, 1.54) is 57.2 Å². The summed E-state index contributed by atoms with van der Waals surface area (Å²) in [5.74, 6) is 0.741. The summed E-state index contributed by atoms with van der Waals surface area (Å²) in [5.41, 5.74) is 2.22. The summed E-state index contributed by atoms with van der Waals surface area (Å²) in [6, 6.07) is 0.880. The van der Waals surface area contributed by atoms with Crippen LogP contribution in [0.5, 0.6) is 0 Å². The summed E-state index contributed by atoms with van der Waals surface area (Å²) >= 11 is 0. The van der Waals surface area contributed by atoms with Crippen LogP contribution in [0, 0.1) is 11.3 Å². The second kappa shape index (κ2) is 6.75. The van der Waals surface area contributed by atoms with Gasteiger partial charge in [-0.1, -0.05) is 32.1 Å². The van der Waals surface area contributed by atoms with E-state index in [-0.39, 0.29) is 11.3 Å². The van der Waals surface area contributed by atoms with Crippen molar-refractivity contribution in [3.63, 3.8) is 0 Å². The Morgan fingerprint density at radius 1 is 1.12 bits per heavy atom. The predicted octanol–water partition coefficient (Wildman–Crippen LogP) is 3.98. The van der Waals surface area contributed by atoms with Crippen LogP contribution in [0.2, 0.25) is 0 Å². The van der Waals surface area contributed by atoms with Crippen LogP contribution in [-0.2, 0) is 4.79 Å². The van der Waals surface area contributed by atoms with Gasteiger partial charge in [0.15, 0.2) is 0 Å². The fraction of sp³-hybridized carbons (Fsp3) is 0.682. The Balaban J connectivity index is 1.49. The number of likely N-dealkylation sites (tertiary alicyclic amines) is 1. The summed E-state index contributed by atoms with van der Waals surface area (Å²) in [6.45, 7) is 6.87. The Kier molecular flexibility index (Phi) is 4.61. The molecule has 1 aliphatic heterocycles. The van der Waals surface area contributed by atoms with E-state index in [4.69, 9.17) is 0 Å². The van der Waals surface area contributed by atoms with E-state index < -0.39 is 0 Å². The third-order valence-corrected chi connectivity index (χ3v) is 6.29. The zero-order valence-electron chi connectivity index (χ0n) is 15.8. The minimum absolute atomic E-state index is 0.0297. The standard InChI is InChI=1S/C22H32N2O/c1-22(2)12-6-7-17(18(15-22)16-10-11-16)21(25)23-19-8-5-9-20(19)24-13-3-4-14-24/h6-7,12,15-16,19-20H,3-5,8-11,13-14H2,1-2H3,(H,23,25). The molecule has 1 N–H and O–H groups in total. The summed E-state index contributed by atoms with van der Waals surface area (Å²) in [5, 5.41) is 3.42. The highest BCUT2D eigenvalue weighted by Crippen LogP contribution is 2.43. The summed E-state index contributed by atoms with van der Waals surface area (Å²) in [4.78, 5) is 15.8. The maximum Gasteiger partial charge on any atom is 0.251 e. The third-order valence-electron chi connectivity index (χ3n) is 6.29. The van der Waals surface area contributed by atoms with Crippen LogP contribution in [0.4, 0.5) is 0 Å². The van der Waals surface area contributed by atoms with Gasteiger partial charge in [-0.3, -0.25) is 9.69 Å². The van der Waals surface area contributed by atoms with Gasteiger partial charge in [-0.25, -0.2) is 0 Å². The lowest BCUT2D eigenvalue weighted by Gasteiger charge is -2.30. The van der Waals surface area contributed by atoms with Crippen molar-refractivity contribution in [1.82, 2.24) is 10.2 Å². The van der Waals surface area contributed by atoms with Crippen molar-refractivity contribution < 1.29 is 4.79 Å². The van der Waals surface area contributed by atoms with Crippen molar-refractivity contribution in [2.24, 2.45) is 11.3 Å². The van der Waals surface area contributed by atoms with E-state index in [2.05, 4.69) is 42.3 Å². The van der Waals surface area contributed by atoms with Crippen molar-refractivity contribution in [3.05, 3.63) is 35.5 Å². The Hall–Kier alpha value is -1.35. The van der Waals surface area contributed by atoms with Gasteiger partial charge in [-0.15, -0.1) is 0 Å². The minimum Gasteiger partial charge on any atom is -0.348 e. The molecule has 1 saturated heterocycles. The highest BCUT2D eigenvalue weighted by atomic mass is 16.1. The summed E-state index contributed by atoms with van der Waals surface area (Å²) < 4.78 is 0. The molecule has 0 spiro atoms. The highest BCUT2D eigenvalue weighted by Gasteiger charge is 2.37. The lowest BCUT2D eigenvalue weighted by atomic mass is 9.88. The second-order valence-corrected chi connectivity index (χ2v) is 8.96. The third kappa shape index (κ3) is 3.76. The first-order chi connectivity index (χ1) is 12.0. The number of rotatable bonds is 4. The number of carbonyl (C=O) groups is 1. The van der Waals surface area contributed by atoms with Crippen molar-refractivity contribution in [3.8, 4) is 0 Å². The zero-order chi connectivity index (χ0) is 17.4. The van der Waals surface area contributed by atoms with Gasteiger partial charge < -0.3 is 5.32 Å². The van der Waals surface area contributed by atoms with Gasteiger partial charge >= 0.3 is 0 Å². The number of nitrogens with one attached hydrogen (secondary N) is 1. The molecule has 4 aliphatic rings. The van der Waals surface area contributed by atoms with Gasteiger partial charge in [-0.05, 0) is 75.6 Å². The van der Waals surface area contributed by atoms with Crippen LogP contribution in [-0.4, -0.2) is 36.0 Å². The number of hydrogen-bond donors (Lipinski definition) is 1. The molecule has 1 heterocycles. The molecule has 3 heteroatoms. The van der Waals surface area contributed by atoms with E-state index >= 15 is 0 Å². The van der Waals surface area contributed by atoms with Crippen LogP contribution in [0.25, 0.3) is 0 Å². The molecule has 25 heavy (non-hydrogen) atoms. The van der Waals surface area contributed by atoms with Crippen LogP contribution in [0.1, 0.15) is 58.8 Å². The zero-order valence-corrected chi connectivity index (χ0v) is 15.8. The lowest BCUT2D eigenvalue weighted by molar-refractivity contribution is -0.118. The monoisotopic (exact) mass is 340 g/mol. The second-order valence-electron chi connectivity index (χ2n) is 8.96. The van der Waals surface area contributed by atoms with Gasteiger partial charge in [-0.2, -0.15) is 0 Å². The first kappa shape index (κ1) is 17.1. The van der Waals surface area contributed by atoms with Gasteiger partial charge in [0.05, 0.1) is 0 Å². The van der Waals surface area contributed by atoms with E-state index in [9.17, 15) is 4.79 Å². The van der Waals surface area contributed by atoms with Crippen molar-refractivity contribution >= 4 is 5.91 Å². The van der Waals surface area contributed by atoms with Crippen LogP contribution >= 0.6 is 0 Å². The molecule has 0 bridgehead atoms. The Morgan fingerprint density at radius 2 is 1.88 bits per heavy atom. The van der Waals surface area contributed by atoms with Gasteiger partial charge in [0.1, 0.15) is 0 Å². The van der Waals surface area contributed by atoms with Crippen LogP contribution in [0.15, 0.2) is 35.5 Å². The lowest BCUT2D eigenvalue weighted by Crippen LogP contribution is -2.48. The first-order valence-electron chi connectivity index (χ1n) is 10.2. The minimum atomic E-state index is 0.0297. The maximum absolute atomic E-state index is 13.1. The van der Waals surface area contributed by atoms with Crippen molar-refractivity contribution in [2.45, 2.75) is 70.9 Å². The number of nitrogens with zero attached hydrogens (tertiary/aromatic N) is 1. The molecule has 3 nitrogen and oxygen atoms in total. The van der Waals surface area contributed by atoms with Gasteiger partial charge in [0.2, 0.25) is 0 Å². The molecule has 136 valence electrons. The topological polar surface area (TPSA) is 32.3 Å². The quantitative estimate of drug-likeness (QED) is 0.839. The van der Waals surface area contributed by atoms with E-state index in [1.54, 1.807) is 0 Å². The Morgan fingerprint density at radius 3 is 2.60 bits per heavy atom. The molecule has 0 radical (unpaired) electrons. The van der Waals surface area contributed by atoms with Crippen molar-refractivity contribution in [2.75, 3.05) is 13.1 Å². The molecular formula is C22H32N2O. The molecular weight excluding hydrogens is 308 g/mol. The Labute approximate surface area is 152 Å². The van der Waals surface area contributed by atoms with Gasteiger partial charge in [0, 0.05) is 23.1 Å². The maximum atomic E-state index is 13.1. The fourth-order valence-electron chi connectivity index (χ4n) is 4.82. The van der Waals surface area contributed by atoms with Crippen LogP contribution < -0.4 is 5.32 Å². The molecule has 2 saturated carbocycles. The largest absolute Gasteiger partial charge is 0.348 e. The van der Waals surface area contributed by atoms with Crippen LogP contribution in [0.3, 0.4) is 0 Å². The van der Waals surface area contributed by atoms with Crippen molar-refractivity contribution in [1.29, 1.82) is 0 Å². The number of amides is 1. The van der Waals surface area contributed by atoms with E-state index in [0.29, 0.717) is 18.0 Å². The molecule has 3 aliphatic carbocycles. The number of hydrogen-bond acceptors (Lipinski definition) is 2. The molecule has 0 aromatic heterocycles. The van der Waals surface area contributed by atoms with E-state index in [0.717, 1.165) is 12.0 Å². The normalized spacial score (nSPS) is 32.2. The number of carbonyl (C=O) groups excluding carboxylic acids is 1. The Bertz CT molecular complexity index is 618. The average Bonchev–Trinajstić information content (AvgIpc) is 3.11. The molecule has 2 unspecified atom stereocenters. The van der Waals surface area contributed by atoms with E-state index in [1.807, 2.05) is 6.08 Å².